The highest BCUT2D eigenvalue weighted by Crippen LogP contribution is 2.27. The molecule has 1 aliphatic carbocycles. The Bertz CT molecular complexity index is 164. The lowest BCUT2D eigenvalue weighted by molar-refractivity contribution is 0.247. The summed E-state index contributed by atoms with van der Waals surface area (Å²) in [5, 5.41) is 3.67. The summed E-state index contributed by atoms with van der Waals surface area (Å²) in [6.45, 7) is 7.60. The van der Waals surface area contributed by atoms with E-state index in [0.717, 1.165) is 13.0 Å². The van der Waals surface area contributed by atoms with Gasteiger partial charge in [0.2, 0.25) is 0 Å². The second-order valence-corrected chi connectivity index (χ2v) is 5.79. The Kier molecular flexibility index (Phi) is 3.96. The molecule has 1 rings (SSSR count). The number of rotatable bonds is 4. The maximum Gasteiger partial charge on any atom is 0.0153 e. The van der Waals surface area contributed by atoms with Crippen molar-refractivity contribution in [1.29, 1.82) is 0 Å². The first-order valence-electron chi connectivity index (χ1n) is 5.95. The van der Waals surface area contributed by atoms with Gasteiger partial charge in [-0.1, -0.05) is 19.3 Å². The van der Waals surface area contributed by atoms with Gasteiger partial charge in [-0.2, -0.15) is 0 Å². The van der Waals surface area contributed by atoms with Crippen LogP contribution in [0, 0.1) is 0 Å². The molecule has 0 aliphatic heterocycles. The van der Waals surface area contributed by atoms with Gasteiger partial charge in [0.1, 0.15) is 0 Å². The average molecular weight is 198 g/mol. The number of nitrogens with two attached hydrogens (primary N) is 1. The third-order valence-electron chi connectivity index (χ3n) is 3.28. The van der Waals surface area contributed by atoms with Crippen molar-refractivity contribution in [2.75, 3.05) is 6.54 Å². The minimum atomic E-state index is -0.0297. The number of hydrogen-bond acceptors (Lipinski definition) is 2. The Hall–Kier alpha value is -0.0800. The summed E-state index contributed by atoms with van der Waals surface area (Å²) in [5.41, 5.74) is 6.32. The van der Waals surface area contributed by atoms with Crippen LogP contribution in [0.1, 0.15) is 59.3 Å². The zero-order chi connectivity index (χ0) is 10.7. The Morgan fingerprint density at radius 2 is 1.79 bits per heavy atom. The van der Waals surface area contributed by atoms with Crippen molar-refractivity contribution in [2.24, 2.45) is 5.73 Å². The van der Waals surface area contributed by atoms with E-state index in [4.69, 9.17) is 5.73 Å². The van der Waals surface area contributed by atoms with Crippen LogP contribution in [0.25, 0.3) is 0 Å². The van der Waals surface area contributed by atoms with Gasteiger partial charge in [0.05, 0.1) is 0 Å². The third-order valence-corrected chi connectivity index (χ3v) is 3.28. The van der Waals surface area contributed by atoms with Crippen LogP contribution in [-0.4, -0.2) is 17.6 Å². The maximum atomic E-state index is 5.95. The zero-order valence-corrected chi connectivity index (χ0v) is 10.0. The van der Waals surface area contributed by atoms with Crippen LogP contribution < -0.4 is 11.1 Å². The Morgan fingerprint density at radius 3 is 2.29 bits per heavy atom. The van der Waals surface area contributed by atoms with E-state index in [1.165, 1.54) is 32.1 Å². The largest absolute Gasteiger partial charge is 0.326 e. The lowest BCUT2D eigenvalue weighted by atomic mass is 9.83. The van der Waals surface area contributed by atoms with Gasteiger partial charge in [-0.15, -0.1) is 0 Å². The quantitative estimate of drug-likeness (QED) is 0.728. The minimum absolute atomic E-state index is 0.0297. The summed E-state index contributed by atoms with van der Waals surface area (Å²) in [6.07, 6.45) is 7.91. The average Bonchev–Trinajstić information content (AvgIpc) is 2.02. The molecule has 2 heteroatoms. The van der Waals surface area contributed by atoms with Crippen LogP contribution >= 0.6 is 0 Å². The molecule has 0 aromatic rings. The molecular formula is C12H26N2. The normalized spacial score (nSPS) is 22.3. The van der Waals surface area contributed by atoms with Crippen molar-refractivity contribution in [3.8, 4) is 0 Å². The summed E-state index contributed by atoms with van der Waals surface area (Å²) in [7, 11) is 0. The van der Waals surface area contributed by atoms with E-state index in [9.17, 15) is 0 Å². The molecule has 0 unspecified atom stereocenters. The van der Waals surface area contributed by atoms with Crippen molar-refractivity contribution in [1.82, 2.24) is 5.32 Å². The minimum Gasteiger partial charge on any atom is -0.326 e. The summed E-state index contributed by atoms with van der Waals surface area (Å²) in [6, 6.07) is 0. The lowest BCUT2D eigenvalue weighted by Gasteiger charge is -2.35. The van der Waals surface area contributed by atoms with Gasteiger partial charge in [-0.25, -0.2) is 0 Å². The lowest BCUT2D eigenvalue weighted by Crippen LogP contribution is -2.46. The molecule has 0 heterocycles. The second kappa shape index (κ2) is 4.63. The smallest absolute Gasteiger partial charge is 0.0153 e. The van der Waals surface area contributed by atoms with Gasteiger partial charge in [-0.3, -0.25) is 0 Å². The van der Waals surface area contributed by atoms with Crippen molar-refractivity contribution < 1.29 is 0 Å². The molecule has 1 aliphatic rings. The molecule has 0 aromatic carbocycles. The van der Waals surface area contributed by atoms with Crippen molar-refractivity contribution in [3.05, 3.63) is 0 Å². The molecule has 0 amide bonds. The molecule has 1 saturated carbocycles. The molecule has 1 fully saturated rings. The molecule has 0 aromatic heterocycles. The monoisotopic (exact) mass is 198 g/mol. The summed E-state index contributed by atoms with van der Waals surface area (Å²) >= 11 is 0. The number of hydrogen-bond donors (Lipinski definition) is 2. The standard InChI is InChI=1S/C12H26N2/c1-11(2,13)9-10-14-12(3)7-5-4-6-8-12/h14H,4-10,13H2,1-3H3. The van der Waals surface area contributed by atoms with Crippen molar-refractivity contribution in [3.63, 3.8) is 0 Å². The van der Waals surface area contributed by atoms with Crippen LogP contribution in [0.5, 0.6) is 0 Å². The van der Waals surface area contributed by atoms with Gasteiger partial charge >= 0.3 is 0 Å². The first-order chi connectivity index (χ1) is 6.41. The molecule has 0 bridgehead atoms. The fourth-order valence-electron chi connectivity index (χ4n) is 2.20. The molecule has 14 heavy (non-hydrogen) atoms. The molecule has 3 N–H and O–H groups in total. The fraction of sp³-hybridized carbons (Fsp3) is 1.00. The van der Waals surface area contributed by atoms with E-state index in [-0.39, 0.29) is 5.54 Å². The molecule has 0 radical (unpaired) electrons. The highest BCUT2D eigenvalue weighted by atomic mass is 15.0. The van der Waals surface area contributed by atoms with Gasteiger partial charge in [-0.05, 0) is 46.6 Å². The van der Waals surface area contributed by atoms with Crippen LogP contribution in [-0.2, 0) is 0 Å². The fourth-order valence-corrected chi connectivity index (χ4v) is 2.20. The van der Waals surface area contributed by atoms with Gasteiger partial charge < -0.3 is 11.1 Å². The van der Waals surface area contributed by atoms with E-state index in [2.05, 4.69) is 26.1 Å². The van der Waals surface area contributed by atoms with Crippen LogP contribution in [0.3, 0.4) is 0 Å². The maximum absolute atomic E-state index is 5.95. The highest BCUT2D eigenvalue weighted by Gasteiger charge is 2.26. The Morgan fingerprint density at radius 1 is 1.21 bits per heavy atom. The van der Waals surface area contributed by atoms with Crippen LogP contribution in [0.2, 0.25) is 0 Å². The van der Waals surface area contributed by atoms with Crippen molar-refractivity contribution in [2.45, 2.75) is 70.4 Å². The summed E-state index contributed by atoms with van der Waals surface area (Å²) < 4.78 is 0. The topological polar surface area (TPSA) is 38.0 Å². The van der Waals surface area contributed by atoms with Gasteiger partial charge in [0, 0.05) is 11.1 Å². The van der Waals surface area contributed by atoms with Crippen molar-refractivity contribution >= 4 is 0 Å². The summed E-state index contributed by atoms with van der Waals surface area (Å²) in [5.74, 6) is 0. The van der Waals surface area contributed by atoms with E-state index >= 15 is 0 Å². The first-order valence-corrected chi connectivity index (χ1v) is 5.95. The van der Waals surface area contributed by atoms with E-state index in [1.54, 1.807) is 0 Å². The zero-order valence-electron chi connectivity index (χ0n) is 10.0. The molecule has 0 atom stereocenters. The Labute approximate surface area is 88.6 Å². The van der Waals surface area contributed by atoms with E-state index in [0.29, 0.717) is 5.54 Å². The van der Waals surface area contributed by atoms with E-state index < -0.39 is 0 Å². The number of nitrogens with one attached hydrogen (secondary N) is 1. The molecular weight excluding hydrogens is 172 g/mol. The second-order valence-electron chi connectivity index (χ2n) is 5.79. The predicted octanol–water partition coefficient (Wildman–Crippen LogP) is 2.43. The molecule has 0 saturated heterocycles. The van der Waals surface area contributed by atoms with Gasteiger partial charge in [0.25, 0.3) is 0 Å². The predicted molar refractivity (Wildman–Crippen MR) is 62.4 cm³/mol. The SMILES string of the molecule is CC(C)(N)CCNC1(C)CCCCC1. The Balaban J connectivity index is 2.22. The van der Waals surface area contributed by atoms with E-state index in [1.807, 2.05) is 0 Å². The molecule has 84 valence electrons. The third kappa shape index (κ3) is 4.43. The molecule has 2 nitrogen and oxygen atoms in total. The molecule has 0 spiro atoms. The highest BCUT2D eigenvalue weighted by molar-refractivity contribution is 4.87. The van der Waals surface area contributed by atoms with Crippen LogP contribution in [0.15, 0.2) is 0 Å². The summed E-state index contributed by atoms with van der Waals surface area (Å²) in [4.78, 5) is 0. The van der Waals surface area contributed by atoms with Gasteiger partial charge in [0.15, 0.2) is 0 Å². The first kappa shape index (κ1) is 12.0. The van der Waals surface area contributed by atoms with Crippen LogP contribution in [0.4, 0.5) is 0 Å².